The number of H-pyrrole nitrogens is 2. The van der Waals surface area contributed by atoms with E-state index in [0.717, 1.165) is 28.2 Å². The minimum atomic E-state index is -0.351. The van der Waals surface area contributed by atoms with Gasteiger partial charge in [0.1, 0.15) is 11.6 Å². The van der Waals surface area contributed by atoms with Crippen LogP contribution in [0, 0.1) is 6.92 Å². The SMILES string of the molecule is Cc1cc(C(=O)Nc2ccc(Cl)c(-c3ncc(-c4ccccc4)[nH]3)c2)ccn1.O=C(Nc1ccc(Cl)c(-c2ncc(-c3ccccc3)[nH]2)c1)c1cnccc1Cl. The molecule has 0 saturated carbocycles. The summed E-state index contributed by atoms with van der Waals surface area (Å²) in [5.41, 5.74) is 8.07. The van der Waals surface area contributed by atoms with Gasteiger partial charge in [-0.3, -0.25) is 19.6 Å². The fourth-order valence-electron chi connectivity index (χ4n) is 5.65. The van der Waals surface area contributed by atoms with Gasteiger partial charge in [-0.25, -0.2) is 9.97 Å². The number of aryl methyl sites for hydroxylation is 1. The van der Waals surface area contributed by atoms with Crippen LogP contribution in [0.5, 0.6) is 0 Å². The number of rotatable bonds is 8. The van der Waals surface area contributed by atoms with Crippen LogP contribution in [-0.2, 0) is 0 Å². The number of aromatic nitrogens is 6. The number of anilines is 2. The Morgan fingerprint density at radius 3 is 1.61 bits per heavy atom. The van der Waals surface area contributed by atoms with Gasteiger partial charge < -0.3 is 20.6 Å². The second-order valence-electron chi connectivity index (χ2n) is 12.4. The quantitative estimate of drug-likeness (QED) is 0.121. The average molecular weight is 798 g/mol. The van der Waals surface area contributed by atoms with Gasteiger partial charge in [0.15, 0.2) is 0 Å². The number of carbonyl (C=O) groups is 2. The fraction of sp³-hybridized carbons (Fsp3) is 0.0233. The Bertz CT molecular complexity index is 2650. The molecule has 0 aliphatic heterocycles. The molecule has 0 aliphatic rings. The van der Waals surface area contributed by atoms with Crippen molar-refractivity contribution in [1.82, 2.24) is 29.9 Å². The Morgan fingerprint density at radius 1 is 0.554 bits per heavy atom. The molecule has 0 fully saturated rings. The third-order valence-corrected chi connectivity index (χ3v) is 9.44. The summed E-state index contributed by atoms with van der Waals surface area (Å²) in [6, 6.07) is 35.3. The highest BCUT2D eigenvalue weighted by molar-refractivity contribution is 6.35. The van der Waals surface area contributed by atoms with E-state index in [2.05, 4.69) is 40.5 Å². The Hall–Kier alpha value is -6.59. The largest absolute Gasteiger partial charge is 0.338 e. The van der Waals surface area contributed by atoms with Gasteiger partial charge in [0.2, 0.25) is 0 Å². The van der Waals surface area contributed by atoms with Crippen LogP contribution in [0.1, 0.15) is 26.4 Å². The van der Waals surface area contributed by atoms with E-state index in [1.807, 2.05) is 73.7 Å². The van der Waals surface area contributed by atoms with Crippen molar-refractivity contribution in [3.63, 3.8) is 0 Å². The minimum absolute atomic E-state index is 0.205. The van der Waals surface area contributed by atoms with Gasteiger partial charge in [0.25, 0.3) is 11.8 Å². The van der Waals surface area contributed by atoms with E-state index in [1.54, 1.807) is 67.1 Å². The fourth-order valence-corrected chi connectivity index (χ4v) is 6.25. The van der Waals surface area contributed by atoms with Crippen molar-refractivity contribution >= 4 is 58.0 Å². The maximum Gasteiger partial charge on any atom is 0.258 e. The topological polar surface area (TPSA) is 141 Å². The zero-order chi connectivity index (χ0) is 39.0. The van der Waals surface area contributed by atoms with Crippen molar-refractivity contribution in [2.45, 2.75) is 6.92 Å². The van der Waals surface area contributed by atoms with Crippen LogP contribution in [0.2, 0.25) is 15.1 Å². The Kier molecular flexibility index (Phi) is 11.6. The molecule has 4 heterocycles. The second kappa shape index (κ2) is 17.3. The van der Waals surface area contributed by atoms with E-state index in [1.165, 1.54) is 12.4 Å². The van der Waals surface area contributed by atoms with Crippen molar-refractivity contribution in [1.29, 1.82) is 0 Å². The Labute approximate surface area is 337 Å². The molecule has 4 aromatic carbocycles. The number of hydrogen-bond donors (Lipinski definition) is 4. The van der Waals surface area contributed by atoms with Gasteiger partial charge in [-0.1, -0.05) is 95.5 Å². The number of carbonyl (C=O) groups excluding carboxylic acids is 2. The van der Waals surface area contributed by atoms with Gasteiger partial charge in [0.05, 0.1) is 44.4 Å². The molecule has 0 saturated heterocycles. The molecule has 0 radical (unpaired) electrons. The van der Waals surface area contributed by atoms with Crippen molar-refractivity contribution in [2.75, 3.05) is 10.6 Å². The molecular formula is C43H31Cl3N8O2. The summed E-state index contributed by atoms with van der Waals surface area (Å²) in [5.74, 6) is 0.693. The van der Waals surface area contributed by atoms with E-state index < -0.39 is 0 Å². The maximum atomic E-state index is 12.5. The predicted molar refractivity (Wildman–Crippen MR) is 223 cm³/mol. The van der Waals surface area contributed by atoms with Crippen molar-refractivity contribution < 1.29 is 9.59 Å². The average Bonchev–Trinajstić information content (AvgIpc) is 3.92. The predicted octanol–water partition coefficient (Wildman–Crippen LogP) is 11.1. The van der Waals surface area contributed by atoms with Crippen LogP contribution in [-0.4, -0.2) is 41.7 Å². The number of nitrogens with one attached hydrogen (secondary N) is 4. The maximum absolute atomic E-state index is 12.5. The number of amides is 2. The van der Waals surface area contributed by atoms with Crippen molar-refractivity contribution in [2.24, 2.45) is 0 Å². The number of imidazole rings is 2. The molecule has 4 N–H and O–H groups in total. The molecule has 0 aliphatic carbocycles. The molecule has 8 rings (SSSR count). The van der Waals surface area contributed by atoms with E-state index in [0.29, 0.717) is 60.3 Å². The van der Waals surface area contributed by atoms with Gasteiger partial charge in [-0.2, -0.15) is 0 Å². The van der Waals surface area contributed by atoms with Crippen LogP contribution in [0.25, 0.3) is 45.3 Å². The molecular weight excluding hydrogens is 767 g/mol. The third kappa shape index (κ3) is 9.02. The first-order valence-corrected chi connectivity index (χ1v) is 18.3. The van der Waals surface area contributed by atoms with Gasteiger partial charge >= 0.3 is 0 Å². The highest BCUT2D eigenvalue weighted by Gasteiger charge is 2.15. The number of pyridine rings is 2. The van der Waals surface area contributed by atoms with Crippen molar-refractivity contribution in [3.05, 3.63) is 178 Å². The lowest BCUT2D eigenvalue weighted by atomic mass is 10.1. The summed E-state index contributed by atoms with van der Waals surface area (Å²) in [4.78, 5) is 48.5. The van der Waals surface area contributed by atoms with Gasteiger partial charge in [-0.05, 0) is 72.6 Å². The first-order chi connectivity index (χ1) is 27.2. The molecule has 0 unspecified atom stereocenters. The molecule has 13 heteroatoms. The van der Waals surface area contributed by atoms with E-state index in [-0.39, 0.29) is 11.8 Å². The number of aromatic amines is 2. The van der Waals surface area contributed by atoms with Gasteiger partial charge in [-0.15, -0.1) is 0 Å². The number of hydrogen-bond acceptors (Lipinski definition) is 6. The molecule has 4 aromatic heterocycles. The Balaban J connectivity index is 0.000000172. The molecule has 0 spiro atoms. The zero-order valence-corrected chi connectivity index (χ0v) is 31.9. The highest BCUT2D eigenvalue weighted by atomic mass is 35.5. The number of benzene rings is 4. The van der Waals surface area contributed by atoms with Crippen LogP contribution in [0.15, 0.2) is 146 Å². The molecule has 276 valence electrons. The molecule has 2 amide bonds. The van der Waals surface area contributed by atoms with Crippen molar-refractivity contribution in [3.8, 4) is 45.3 Å². The summed E-state index contributed by atoms with van der Waals surface area (Å²) >= 11 is 18.8. The molecule has 0 bridgehead atoms. The summed E-state index contributed by atoms with van der Waals surface area (Å²) in [6.45, 7) is 1.85. The monoisotopic (exact) mass is 796 g/mol. The lowest BCUT2D eigenvalue weighted by molar-refractivity contribution is 0.101. The summed E-state index contributed by atoms with van der Waals surface area (Å²) in [6.07, 6.45) is 8.09. The molecule has 0 atom stereocenters. The van der Waals surface area contributed by atoms with E-state index in [9.17, 15) is 9.59 Å². The third-order valence-electron chi connectivity index (χ3n) is 8.45. The van der Waals surface area contributed by atoms with E-state index >= 15 is 0 Å². The van der Waals surface area contributed by atoms with Gasteiger partial charge in [0, 0.05) is 52.3 Å². The lowest BCUT2D eigenvalue weighted by Gasteiger charge is -2.09. The molecule has 8 aromatic rings. The zero-order valence-electron chi connectivity index (χ0n) is 29.6. The standard InChI is InChI=1S/C22H17ClN4O.C21H14Cl2N4O/c1-14-11-16(9-10-24-14)22(28)26-17-7-8-19(23)18(12-17)21-25-13-20(27-21)15-5-3-2-4-6-15;22-17-7-6-14(26-21(28)16-11-24-9-8-18(16)23)10-15(17)20-25-12-19(27-20)13-4-2-1-3-5-13/h2-13H,1H3,(H,25,27)(H,26,28);1-12H,(H,25,27)(H,26,28). The lowest BCUT2D eigenvalue weighted by Crippen LogP contribution is -2.12. The summed E-state index contributed by atoms with van der Waals surface area (Å²) in [7, 11) is 0. The molecule has 10 nitrogen and oxygen atoms in total. The summed E-state index contributed by atoms with van der Waals surface area (Å²) in [5, 5.41) is 7.11. The highest BCUT2D eigenvalue weighted by Crippen LogP contribution is 2.32. The van der Waals surface area contributed by atoms with Crippen LogP contribution in [0.3, 0.4) is 0 Å². The number of halogens is 3. The minimum Gasteiger partial charge on any atom is -0.338 e. The molecule has 56 heavy (non-hydrogen) atoms. The summed E-state index contributed by atoms with van der Waals surface area (Å²) < 4.78 is 0. The number of nitrogens with zero attached hydrogens (tertiary/aromatic N) is 4. The first kappa shape index (κ1) is 37.7. The van der Waals surface area contributed by atoms with Crippen LogP contribution >= 0.6 is 34.8 Å². The normalized spacial score (nSPS) is 10.6. The van der Waals surface area contributed by atoms with Crippen LogP contribution < -0.4 is 10.6 Å². The van der Waals surface area contributed by atoms with Crippen LogP contribution in [0.4, 0.5) is 11.4 Å². The van der Waals surface area contributed by atoms with E-state index in [4.69, 9.17) is 34.8 Å². The second-order valence-corrected chi connectivity index (χ2v) is 13.6. The first-order valence-electron chi connectivity index (χ1n) is 17.2. The Morgan fingerprint density at radius 2 is 1.09 bits per heavy atom. The smallest absolute Gasteiger partial charge is 0.258 e.